The maximum atomic E-state index is 10.2. The largest absolute Gasteiger partial charge is 0.464 e. The number of pyridine rings is 1. The summed E-state index contributed by atoms with van der Waals surface area (Å²) in [6, 6.07) is 19.5. The average Bonchev–Trinajstić information content (AvgIpc) is 2.60. The number of benzene rings is 2. The van der Waals surface area contributed by atoms with Gasteiger partial charge in [0.05, 0.1) is 23.9 Å². The van der Waals surface area contributed by atoms with Crippen LogP contribution in [0.2, 0.25) is 0 Å². The third-order valence-corrected chi connectivity index (χ3v) is 4.03. The molecule has 0 radical (unpaired) electrons. The van der Waals surface area contributed by atoms with Gasteiger partial charge in [0.1, 0.15) is 5.75 Å². The molecule has 3 aromatic rings. The smallest absolute Gasteiger partial charge is 0.203 e. The molecule has 0 aliphatic carbocycles. The molecule has 0 bridgehead atoms. The topological polar surface area (TPSA) is 51.6 Å². The van der Waals surface area contributed by atoms with Crippen molar-refractivity contribution in [2.45, 2.75) is 25.4 Å². The van der Waals surface area contributed by atoms with E-state index in [0.717, 1.165) is 22.2 Å². The molecule has 1 N–H and O–H groups in total. The zero-order valence-corrected chi connectivity index (χ0v) is 12.6. The monoisotopic (exact) mass is 307 g/mol. The van der Waals surface area contributed by atoms with Gasteiger partial charge in [0.25, 0.3) is 0 Å². The highest BCUT2D eigenvalue weighted by molar-refractivity contribution is 5.78. The van der Waals surface area contributed by atoms with E-state index in [1.807, 2.05) is 60.7 Å². The molecule has 0 fully saturated rings. The van der Waals surface area contributed by atoms with Crippen LogP contribution in [-0.4, -0.2) is 16.4 Å². The van der Waals surface area contributed by atoms with E-state index in [4.69, 9.17) is 9.47 Å². The first-order valence-electron chi connectivity index (χ1n) is 7.69. The standard InChI is InChI=1S/C19H17NO3/c21-17-11-19(23-18-8-4-2-6-15(17)18)22-12-14-10-9-13-5-1-3-7-16(13)20-14/h1-10,17,19,21H,11-12H2/t17?,19-/m1/s1. The molecule has 2 heterocycles. The number of nitrogens with zero attached hydrogens (tertiary/aromatic N) is 1. The molecule has 0 spiro atoms. The lowest BCUT2D eigenvalue weighted by atomic mass is 10.0. The second-order valence-corrected chi connectivity index (χ2v) is 5.64. The Hall–Kier alpha value is -2.43. The van der Waals surface area contributed by atoms with Crippen molar-refractivity contribution in [2.24, 2.45) is 0 Å². The highest BCUT2D eigenvalue weighted by Gasteiger charge is 2.27. The van der Waals surface area contributed by atoms with Crippen molar-refractivity contribution < 1.29 is 14.6 Å². The van der Waals surface area contributed by atoms with Crippen LogP contribution in [-0.2, 0) is 11.3 Å². The fraction of sp³-hybridized carbons (Fsp3) is 0.211. The molecule has 0 saturated carbocycles. The normalized spacial score (nSPS) is 20.0. The Balaban J connectivity index is 1.46. The summed E-state index contributed by atoms with van der Waals surface area (Å²) in [6.45, 7) is 0.352. The van der Waals surface area contributed by atoms with Gasteiger partial charge in [-0.1, -0.05) is 42.5 Å². The van der Waals surface area contributed by atoms with Crippen LogP contribution in [0.3, 0.4) is 0 Å². The lowest BCUT2D eigenvalue weighted by molar-refractivity contribution is -0.123. The molecule has 1 aliphatic rings. The molecule has 23 heavy (non-hydrogen) atoms. The average molecular weight is 307 g/mol. The minimum absolute atomic E-state index is 0.352. The first-order chi connectivity index (χ1) is 11.3. The number of hydrogen-bond acceptors (Lipinski definition) is 4. The molecule has 1 aliphatic heterocycles. The van der Waals surface area contributed by atoms with Gasteiger partial charge in [-0.05, 0) is 18.2 Å². The van der Waals surface area contributed by atoms with Crippen LogP contribution >= 0.6 is 0 Å². The van der Waals surface area contributed by atoms with E-state index in [2.05, 4.69) is 4.98 Å². The van der Waals surface area contributed by atoms with E-state index in [1.165, 1.54) is 0 Å². The van der Waals surface area contributed by atoms with E-state index in [-0.39, 0.29) is 0 Å². The van der Waals surface area contributed by atoms with Crippen LogP contribution in [0, 0.1) is 0 Å². The number of hydrogen-bond donors (Lipinski definition) is 1. The Morgan fingerprint density at radius 1 is 1.04 bits per heavy atom. The Bertz CT molecular complexity index is 833. The van der Waals surface area contributed by atoms with Gasteiger partial charge in [0, 0.05) is 17.4 Å². The zero-order valence-electron chi connectivity index (χ0n) is 12.6. The Labute approximate surface area is 134 Å². The minimum atomic E-state index is -0.561. The molecular weight excluding hydrogens is 290 g/mol. The number of fused-ring (bicyclic) bond motifs is 2. The predicted octanol–water partition coefficient (Wildman–Crippen LogP) is 3.59. The molecule has 116 valence electrons. The van der Waals surface area contributed by atoms with Crippen molar-refractivity contribution in [1.29, 1.82) is 0 Å². The van der Waals surface area contributed by atoms with Gasteiger partial charge < -0.3 is 14.6 Å². The Morgan fingerprint density at radius 3 is 2.83 bits per heavy atom. The number of rotatable bonds is 3. The van der Waals surface area contributed by atoms with Crippen LogP contribution in [0.5, 0.6) is 5.75 Å². The summed E-state index contributed by atoms with van der Waals surface area (Å²) in [5.74, 6) is 0.683. The fourth-order valence-corrected chi connectivity index (χ4v) is 2.83. The quantitative estimate of drug-likeness (QED) is 0.803. The molecule has 2 aromatic carbocycles. The van der Waals surface area contributed by atoms with Gasteiger partial charge in [-0.3, -0.25) is 4.98 Å². The van der Waals surface area contributed by atoms with E-state index >= 15 is 0 Å². The van der Waals surface area contributed by atoms with Crippen LogP contribution < -0.4 is 4.74 Å². The summed E-state index contributed by atoms with van der Waals surface area (Å²) in [7, 11) is 0. The summed E-state index contributed by atoms with van der Waals surface area (Å²) in [5.41, 5.74) is 2.61. The molecule has 1 unspecified atom stereocenters. The number of ether oxygens (including phenoxy) is 2. The molecule has 4 nitrogen and oxygen atoms in total. The second kappa shape index (κ2) is 5.99. The van der Waals surface area contributed by atoms with Crippen molar-refractivity contribution >= 4 is 10.9 Å². The zero-order chi connectivity index (χ0) is 15.6. The fourth-order valence-electron chi connectivity index (χ4n) is 2.83. The molecule has 0 saturated heterocycles. The molecular formula is C19H17NO3. The van der Waals surface area contributed by atoms with E-state index < -0.39 is 12.4 Å². The van der Waals surface area contributed by atoms with Crippen LogP contribution in [0.4, 0.5) is 0 Å². The van der Waals surface area contributed by atoms with E-state index in [0.29, 0.717) is 18.8 Å². The molecule has 4 rings (SSSR count). The summed E-state index contributed by atoms with van der Waals surface area (Å²) >= 11 is 0. The molecule has 4 heteroatoms. The SMILES string of the molecule is OC1C[C@H](OCc2ccc3ccccc3n2)Oc2ccccc21. The third-order valence-electron chi connectivity index (χ3n) is 4.03. The Morgan fingerprint density at radius 2 is 1.87 bits per heavy atom. The molecule has 1 aromatic heterocycles. The second-order valence-electron chi connectivity index (χ2n) is 5.64. The van der Waals surface area contributed by atoms with Crippen LogP contribution in [0.1, 0.15) is 23.8 Å². The number of aliphatic hydroxyl groups excluding tert-OH is 1. The summed E-state index contributed by atoms with van der Waals surface area (Å²) < 4.78 is 11.6. The first-order valence-corrected chi connectivity index (χ1v) is 7.69. The highest BCUT2D eigenvalue weighted by Crippen LogP contribution is 2.34. The summed E-state index contributed by atoms with van der Waals surface area (Å²) in [5, 5.41) is 11.3. The van der Waals surface area contributed by atoms with Crippen LogP contribution in [0.25, 0.3) is 10.9 Å². The summed E-state index contributed by atoms with van der Waals surface area (Å²) in [4.78, 5) is 4.58. The van der Waals surface area contributed by atoms with Crippen molar-refractivity contribution in [1.82, 2.24) is 4.98 Å². The van der Waals surface area contributed by atoms with Gasteiger partial charge >= 0.3 is 0 Å². The number of para-hydroxylation sites is 2. The Kier molecular flexibility index (Phi) is 3.69. The van der Waals surface area contributed by atoms with Gasteiger partial charge in [0.15, 0.2) is 0 Å². The third kappa shape index (κ3) is 2.91. The van der Waals surface area contributed by atoms with Gasteiger partial charge in [-0.15, -0.1) is 0 Å². The highest BCUT2D eigenvalue weighted by atomic mass is 16.7. The van der Waals surface area contributed by atoms with Crippen molar-refractivity contribution in [3.63, 3.8) is 0 Å². The first kappa shape index (κ1) is 14.2. The van der Waals surface area contributed by atoms with Gasteiger partial charge in [-0.2, -0.15) is 0 Å². The van der Waals surface area contributed by atoms with Crippen molar-refractivity contribution in [3.05, 3.63) is 71.9 Å². The summed E-state index contributed by atoms with van der Waals surface area (Å²) in [6.07, 6.45) is -0.604. The van der Waals surface area contributed by atoms with Gasteiger partial charge in [0.2, 0.25) is 6.29 Å². The van der Waals surface area contributed by atoms with Gasteiger partial charge in [-0.25, -0.2) is 0 Å². The van der Waals surface area contributed by atoms with Crippen molar-refractivity contribution in [2.75, 3.05) is 0 Å². The molecule has 2 atom stereocenters. The predicted molar refractivity (Wildman–Crippen MR) is 87.0 cm³/mol. The van der Waals surface area contributed by atoms with E-state index in [9.17, 15) is 5.11 Å². The lowest BCUT2D eigenvalue weighted by Crippen LogP contribution is -2.28. The number of aromatic nitrogens is 1. The number of aliphatic hydroxyl groups is 1. The van der Waals surface area contributed by atoms with E-state index in [1.54, 1.807) is 0 Å². The van der Waals surface area contributed by atoms with Crippen LogP contribution in [0.15, 0.2) is 60.7 Å². The van der Waals surface area contributed by atoms with Crippen molar-refractivity contribution in [3.8, 4) is 5.75 Å². The maximum absolute atomic E-state index is 10.2. The lowest BCUT2D eigenvalue weighted by Gasteiger charge is -2.29. The molecule has 0 amide bonds. The minimum Gasteiger partial charge on any atom is -0.464 e. The maximum Gasteiger partial charge on any atom is 0.203 e.